The lowest BCUT2D eigenvalue weighted by atomic mass is 9.92. The number of aryl methyl sites for hydroxylation is 2. The molecule has 2 aromatic carbocycles. The zero-order valence-corrected chi connectivity index (χ0v) is 15.9. The minimum Gasteiger partial charge on any atom is -0.376 e. The number of nitrogens with one attached hydrogen (secondary N) is 1. The van der Waals surface area contributed by atoms with Crippen molar-refractivity contribution in [1.82, 2.24) is 0 Å². The Morgan fingerprint density at radius 3 is 2.46 bits per heavy atom. The molecule has 0 unspecified atom stereocenters. The van der Waals surface area contributed by atoms with Gasteiger partial charge in [0.15, 0.2) is 0 Å². The summed E-state index contributed by atoms with van der Waals surface area (Å²) in [7, 11) is 0. The Morgan fingerprint density at radius 1 is 1.12 bits per heavy atom. The van der Waals surface area contributed by atoms with Gasteiger partial charge in [-0.15, -0.1) is 0 Å². The number of hydrogen-bond donors (Lipinski definition) is 1. The smallest absolute Gasteiger partial charge is 0.123 e. The van der Waals surface area contributed by atoms with Crippen molar-refractivity contribution in [3.05, 3.63) is 58.4 Å². The first kappa shape index (κ1) is 17.3. The SMILES string of the molecule is CCC1(Nc2c(C)cc(N3CCc4cc(F)ccc4C3)cc2C)COC1. The quantitative estimate of drug-likeness (QED) is 0.869. The van der Waals surface area contributed by atoms with Crippen LogP contribution in [0.1, 0.15) is 35.6 Å². The third-order valence-electron chi connectivity index (χ3n) is 5.89. The first-order valence-corrected chi connectivity index (χ1v) is 9.49. The van der Waals surface area contributed by atoms with Gasteiger partial charge < -0.3 is 15.0 Å². The summed E-state index contributed by atoms with van der Waals surface area (Å²) in [5, 5.41) is 3.74. The van der Waals surface area contributed by atoms with Crippen molar-refractivity contribution in [2.24, 2.45) is 0 Å². The summed E-state index contributed by atoms with van der Waals surface area (Å²) >= 11 is 0. The molecule has 0 radical (unpaired) electrons. The van der Waals surface area contributed by atoms with E-state index in [0.717, 1.165) is 44.7 Å². The number of benzene rings is 2. The summed E-state index contributed by atoms with van der Waals surface area (Å²) in [6, 6.07) is 9.71. The van der Waals surface area contributed by atoms with Gasteiger partial charge in [0.05, 0.1) is 18.8 Å². The fourth-order valence-corrected chi connectivity index (χ4v) is 4.04. The lowest BCUT2D eigenvalue weighted by Crippen LogP contribution is -2.55. The molecule has 4 heteroatoms. The average Bonchev–Trinajstić information content (AvgIpc) is 2.59. The van der Waals surface area contributed by atoms with Crippen molar-refractivity contribution in [2.45, 2.75) is 45.7 Å². The monoisotopic (exact) mass is 354 g/mol. The van der Waals surface area contributed by atoms with Gasteiger partial charge in [-0.1, -0.05) is 13.0 Å². The van der Waals surface area contributed by atoms with Gasteiger partial charge >= 0.3 is 0 Å². The highest BCUT2D eigenvalue weighted by molar-refractivity contribution is 5.66. The molecule has 2 heterocycles. The van der Waals surface area contributed by atoms with Gasteiger partial charge in [0.2, 0.25) is 0 Å². The Hall–Kier alpha value is -2.07. The maximum atomic E-state index is 13.4. The van der Waals surface area contributed by atoms with E-state index in [1.165, 1.54) is 28.1 Å². The van der Waals surface area contributed by atoms with E-state index in [4.69, 9.17) is 4.74 Å². The minimum atomic E-state index is -0.135. The molecular weight excluding hydrogens is 327 g/mol. The van der Waals surface area contributed by atoms with Crippen LogP contribution in [0, 0.1) is 19.7 Å². The van der Waals surface area contributed by atoms with E-state index in [1.807, 2.05) is 6.07 Å². The molecule has 2 aliphatic heterocycles. The highest BCUT2D eigenvalue weighted by Crippen LogP contribution is 2.34. The molecule has 3 nitrogen and oxygen atoms in total. The molecule has 138 valence electrons. The van der Waals surface area contributed by atoms with Crippen LogP contribution in [0.5, 0.6) is 0 Å². The molecule has 0 spiro atoms. The lowest BCUT2D eigenvalue weighted by molar-refractivity contribution is -0.0430. The van der Waals surface area contributed by atoms with Crippen molar-refractivity contribution >= 4 is 11.4 Å². The van der Waals surface area contributed by atoms with Crippen LogP contribution in [0.2, 0.25) is 0 Å². The number of anilines is 2. The lowest BCUT2D eigenvalue weighted by Gasteiger charge is -2.43. The molecule has 2 aliphatic rings. The molecule has 1 fully saturated rings. The van der Waals surface area contributed by atoms with Crippen LogP contribution in [0.3, 0.4) is 0 Å². The molecule has 1 saturated heterocycles. The molecule has 0 saturated carbocycles. The molecule has 0 bridgehead atoms. The first-order valence-electron chi connectivity index (χ1n) is 9.49. The van der Waals surface area contributed by atoms with E-state index in [2.05, 4.69) is 43.1 Å². The molecular formula is C22H27FN2O. The summed E-state index contributed by atoms with van der Waals surface area (Å²) in [6.45, 7) is 9.89. The molecule has 0 atom stereocenters. The Morgan fingerprint density at radius 2 is 1.85 bits per heavy atom. The van der Waals surface area contributed by atoms with Crippen LogP contribution in [0.4, 0.5) is 15.8 Å². The van der Waals surface area contributed by atoms with Crippen molar-refractivity contribution < 1.29 is 9.13 Å². The predicted octanol–water partition coefficient (Wildman–Crippen LogP) is 4.60. The third-order valence-corrected chi connectivity index (χ3v) is 5.89. The Balaban J connectivity index is 1.58. The number of fused-ring (bicyclic) bond motifs is 1. The van der Waals surface area contributed by atoms with E-state index in [1.54, 1.807) is 12.1 Å². The zero-order chi connectivity index (χ0) is 18.3. The van der Waals surface area contributed by atoms with Crippen LogP contribution >= 0.6 is 0 Å². The second kappa shape index (κ2) is 6.58. The second-order valence-electron chi connectivity index (χ2n) is 7.79. The van der Waals surface area contributed by atoms with E-state index in [-0.39, 0.29) is 11.4 Å². The largest absolute Gasteiger partial charge is 0.376 e. The van der Waals surface area contributed by atoms with Gasteiger partial charge in [0.25, 0.3) is 0 Å². The number of hydrogen-bond acceptors (Lipinski definition) is 3. The fourth-order valence-electron chi connectivity index (χ4n) is 4.04. The summed E-state index contributed by atoms with van der Waals surface area (Å²) in [5.41, 5.74) is 7.48. The molecule has 4 rings (SSSR count). The first-order chi connectivity index (χ1) is 12.5. The van der Waals surface area contributed by atoms with E-state index >= 15 is 0 Å². The van der Waals surface area contributed by atoms with Crippen LogP contribution in [0.25, 0.3) is 0 Å². The van der Waals surface area contributed by atoms with Crippen molar-refractivity contribution in [1.29, 1.82) is 0 Å². The van der Waals surface area contributed by atoms with Crippen molar-refractivity contribution in [2.75, 3.05) is 30.0 Å². The summed E-state index contributed by atoms with van der Waals surface area (Å²) < 4.78 is 18.9. The average molecular weight is 354 g/mol. The maximum absolute atomic E-state index is 13.4. The van der Waals surface area contributed by atoms with Gasteiger partial charge in [0.1, 0.15) is 5.82 Å². The standard InChI is InChI=1S/C22H27FN2O/c1-4-22(13-26-14-22)24-21-15(2)9-20(10-16(21)3)25-8-7-17-11-19(23)6-5-18(17)12-25/h5-6,9-11,24H,4,7-8,12-14H2,1-3H3. The molecule has 0 aliphatic carbocycles. The predicted molar refractivity (Wildman–Crippen MR) is 105 cm³/mol. The number of halogens is 1. The van der Waals surface area contributed by atoms with Gasteiger partial charge in [-0.2, -0.15) is 0 Å². The van der Waals surface area contributed by atoms with E-state index < -0.39 is 0 Å². The van der Waals surface area contributed by atoms with Gasteiger partial charge in [-0.05, 0) is 73.2 Å². The number of nitrogens with zero attached hydrogens (tertiary/aromatic N) is 1. The molecule has 0 amide bonds. The second-order valence-corrected chi connectivity index (χ2v) is 7.79. The maximum Gasteiger partial charge on any atom is 0.123 e. The normalized spacial score (nSPS) is 18.2. The van der Waals surface area contributed by atoms with Crippen LogP contribution in [0.15, 0.2) is 30.3 Å². The minimum absolute atomic E-state index is 0.0885. The fraction of sp³-hybridized carbons (Fsp3) is 0.455. The number of ether oxygens (including phenoxy) is 1. The topological polar surface area (TPSA) is 24.5 Å². The van der Waals surface area contributed by atoms with Crippen molar-refractivity contribution in [3.63, 3.8) is 0 Å². The summed E-state index contributed by atoms with van der Waals surface area (Å²) in [5.74, 6) is -0.135. The third kappa shape index (κ3) is 3.07. The highest BCUT2D eigenvalue weighted by Gasteiger charge is 2.37. The van der Waals surface area contributed by atoms with E-state index in [0.29, 0.717) is 0 Å². The Kier molecular flexibility index (Phi) is 4.39. The summed E-state index contributed by atoms with van der Waals surface area (Å²) in [4.78, 5) is 2.39. The van der Waals surface area contributed by atoms with Crippen LogP contribution < -0.4 is 10.2 Å². The molecule has 0 aromatic heterocycles. The Bertz CT molecular complexity index is 800. The van der Waals surface area contributed by atoms with Gasteiger partial charge in [0, 0.05) is 24.5 Å². The molecule has 1 N–H and O–H groups in total. The highest BCUT2D eigenvalue weighted by atomic mass is 19.1. The summed E-state index contributed by atoms with van der Waals surface area (Å²) in [6.07, 6.45) is 1.95. The number of rotatable bonds is 4. The van der Waals surface area contributed by atoms with Gasteiger partial charge in [-0.3, -0.25) is 0 Å². The van der Waals surface area contributed by atoms with Crippen LogP contribution in [-0.2, 0) is 17.7 Å². The van der Waals surface area contributed by atoms with Crippen LogP contribution in [-0.4, -0.2) is 25.3 Å². The van der Waals surface area contributed by atoms with Crippen molar-refractivity contribution in [3.8, 4) is 0 Å². The van der Waals surface area contributed by atoms with Gasteiger partial charge in [-0.25, -0.2) is 4.39 Å². The molecule has 2 aromatic rings. The van der Waals surface area contributed by atoms with E-state index in [9.17, 15) is 4.39 Å². The Labute approximate surface area is 155 Å². The molecule has 26 heavy (non-hydrogen) atoms. The zero-order valence-electron chi connectivity index (χ0n) is 15.9.